The average Bonchev–Trinajstić information content (AvgIpc) is 2.96. The number of hydrogen-bond acceptors (Lipinski definition) is 6. The fourth-order valence-corrected chi connectivity index (χ4v) is 2.84. The van der Waals surface area contributed by atoms with Gasteiger partial charge in [0, 0.05) is 27.8 Å². The standard InChI is InChI=1S/C34H25FO6/c1-24(2)33(36)40-20-18-38-30-16-12-26(13-17-30)8-9-28-11-15-29(32(35)23-28)14-10-27-6-5-7-31(22-27)39-19-21-41-34(37)25(3)4/h5-7,11-13,15-23H,1,3H2,2,4H3/b20-18-,21-19-. The van der Waals surface area contributed by atoms with E-state index in [0.717, 1.165) is 12.5 Å². The first-order chi connectivity index (χ1) is 19.7. The van der Waals surface area contributed by atoms with Crippen LogP contribution in [-0.2, 0) is 19.1 Å². The van der Waals surface area contributed by atoms with Gasteiger partial charge in [0.1, 0.15) is 42.4 Å². The van der Waals surface area contributed by atoms with Crippen LogP contribution in [0.25, 0.3) is 0 Å². The molecule has 0 heterocycles. The highest BCUT2D eigenvalue weighted by molar-refractivity contribution is 5.87. The van der Waals surface area contributed by atoms with Crippen molar-refractivity contribution in [3.8, 4) is 35.2 Å². The molecule has 3 aromatic rings. The summed E-state index contributed by atoms with van der Waals surface area (Å²) in [6.45, 7) is 10.1. The van der Waals surface area contributed by atoms with E-state index in [-0.39, 0.29) is 16.7 Å². The Morgan fingerprint density at radius 1 is 0.659 bits per heavy atom. The predicted molar refractivity (Wildman–Crippen MR) is 153 cm³/mol. The van der Waals surface area contributed by atoms with Gasteiger partial charge in [0.05, 0.1) is 5.56 Å². The second-order valence-electron chi connectivity index (χ2n) is 8.40. The Balaban J connectivity index is 1.58. The van der Waals surface area contributed by atoms with Gasteiger partial charge in [0.2, 0.25) is 0 Å². The van der Waals surface area contributed by atoms with Gasteiger partial charge in [-0.05, 0) is 74.5 Å². The molecule has 0 amide bonds. The van der Waals surface area contributed by atoms with Crippen molar-refractivity contribution in [1.82, 2.24) is 0 Å². The molecule has 7 heteroatoms. The van der Waals surface area contributed by atoms with Crippen LogP contribution in [0.2, 0.25) is 0 Å². The first-order valence-corrected chi connectivity index (χ1v) is 12.1. The fourth-order valence-electron chi connectivity index (χ4n) is 2.84. The lowest BCUT2D eigenvalue weighted by Gasteiger charge is -2.01. The Morgan fingerprint density at radius 2 is 1.20 bits per heavy atom. The van der Waals surface area contributed by atoms with Gasteiger partial charge >= 0.3 is 11.9 Å². The molecule has 0 aliphatic carbocycles. The Bertz CT molecular complexity index is 1640. The van der Waals surface area contributed by atoms with E-state index in [2.05, 4.69) is 36.8 Å². The van der Waals surface area contributed by atoms with Gasteiger partial charge < -0.3 is 18.9 Å². The van der Waals surface area contributed by atoms with Crippen molar-refractivity contribution in [2.24, 2.45) is 0 Å². The van der Waals surface area contributed by atoms with Crippen molar-refractivity contribution in [1.29, 1.82) is 0 Å². The molecule has 0 bridgehead atoms. The van der Waals surface area contributed by atoms with E-state index in [1.54, 1.807) is 67.6 Å². The second-order valence-corrected chi connectivity index (χ2v) is 8.40. The number of benzene rings is 3. The third-order valence-electron chi connectivity index (χ3n) is 4.92. The summed E-state index contributed by atoms with van der Waals surface area (Å²) in [7, 11) is 0. The van der Waals surface area contributed by atoms with E-state index >= 15 is 0 Å². The number of carbonyl (C=O) groups is 2. The summed E-state index contributed by atoms with van der Waals surface area (Å²) in [6.07, 6.45) is 4.71. The van der Waals surface area contributed by atoms with Crippen LogP contribution in [0.3, 0.4) is 0 Å². The van der Waals surface area contributed by atoms with Crippen LogP contribution in [0.1, 0.15) is 36.1 Å². The minimum atomic E-state index is -0.556. The number of esters is 2. The number of rotatable bonds is 8. The minimum absolute atomic E-state index is 0.219. The molecule has 0 aromatic heterocycles. The summed E-state index contributed by atoms with van der Waals surface area (Å²) in [6, 6.07) is 18.3. The summed E-state index contributed by atoms with van der Waals surface area (Å²) < 4.78 is 35.0. The molecule has 0 fully saturated rings. The van der Waals surface area contributed by atoms with E-state index in [1.165, 1.54) is 25.5 Å². The van der Waals surface area contributed by atoms with E-state index in [4.69, 9.17) is 18.9 Å². The minimum Gasteiger partial charge on any atom is -0.462 e. The van der Waals surface area contributed by atoms with Crippen LogP contribution >= 0.6 is 0 Å². The Labute approximate surface area is 238 Å². The molecular weight excluding hydrogens is 523 g/mol. The molecule has 3 aromatic carbocycles. The van der Waals surface area contributed by atoms with Crippen molar-refractivity contribution in [3.63, 3.8) is 0 Å². The highest BCUT2D eigenvalue weighted by Crippen LogP contribution is 2.15. The molecule has 0 aliphatic heterocycles. The molecular formula is C34H25FO6. The smallest absolute Gasteiger partial charge is 0.338 e. The zero-order valence-electron chi connectivity index (χ0n) is 22.4. The quantitative estimate of drug-likeness (QED) is 0.137. The largest absolute Gasteiger partial charge is 0.462 e. The Kier molecular flexibility index (Phi) is 10.9. The molecule has 6 nitrogen and oxygen atoms in total. The van der Waals surface area contributed by atoms with Crippen LogP contribution < -0.4 is 9.47 Å². The number of ether oxygens (including phenoxy) is 4. The zero-order valence-corrected chi connectivity index (χ0v) is 22.4. The molecule has 0 saturated carbocycles. The summed E-state index contributed by atoms with van der Waals surface area (Å²) in [5, 5.41) is 0. The summed E-state index contributed by atoms with van der Waals surface area (Å²) in [4.78, 5) is 22.7. The highest BCUT2D eigenvalue weighted by atomic mass is 19.1. The zero-order chi connectivity index (χ0) is 29.6. The fraction of sp³-hybridized carbons (Fsp3) is 0.0588. The Hall–Kier alpha value is -5.79. The topological polar surface area (TPSA) is 71.1 Å². The maximum atomic E-state index is 14.7. The van der Waals surface area contributed by atoms with Crippen LogP contribution in [-0.4, -0.2) is 11.9 Å². The van der Waals surface area contributed by atoms with Crippen molar-refractivity contribution in [2.45, 2.75) is 13.8 Å². The molecule has 0 saturated heterocycles. The first-order valence-electron chi connectivity index (χ1n) is 12.1. The van der Waals surface area contributed by atoms with Gasteiger partial charge in [0.15, 0.2) is 0 Å². The molecule has 204 valence electrons. The second kappa shape index (κ2) is 15.0. The van der Waals surface area contributed by atoms with Crippen LogP contribution in [0.4, 0.5) is 4.39 Å². The van der Waals surface area contributed by atoms with Gasteiger partial charge in [-0.3, -0.25) is 0 Å². The van der Waals surface area contributed by atoms with Gasteiger partial charge in [-0.1, -0.05) is 42.9 Å². The SMILES string of the molecule is C=C(C)C(=O)O/C=C\Oc1ccc(C#Cc2ccc(C#Cc3cccc(O/C=C\OC(=O)C(=C)C)c3)c(F)c2)cc1. The molecule has 0 unspecified atom stereocenters. The molecule has 0 atom stereocenters. The van der Waals surface area contributed by atoms with E-state index < -0.39 is 17.8 Å². The third kappa shape index (κ3) is 10.1. The normalized spacial score (nSPS) is 10.1. The molecule has 0 spiro atoms. The maximum absolute atomic E-state index is 14.7. The lowest BCUT2D eigenvalue weighted by atomic mass is 10.1. The first kappa shape index (κ1) is 29.8. The molecule has 0 N–H and O–H groups in total. The van der Waals surface area contributed by atoms with Crippen LogP contribution in [0.5, 0.6) is 11.5 Å². The van der Waals surface area contributed by atoms with Crippen LogP contribution in [0.15, 0.2) is 116 Å². The number of halogens is 1. The lowest BCUT2D eigenvalue weighted by molar-refractivity contribution is -0.134. The van der Waals surface area contributed by atoms with Crippen LogP contribution in [0, 0.1) is 29.5 Å². The third-order valence-corrected chi connectivity index (χ3v) is 4.92. The average molecular weight is 549 g/mol. The van der Waals surface area contributed by atoms with Crippen molar-refractivity contribution in [2.75, 3.05) is 0 Å². The highest BCUT2D eigenvalue weighted by Gasteiger charge is 2.02. The molecule has 0 radical (unpaired) electrons. The lowest BCUT2D eigenvalue weighted by Crippen LogP contribution is -1.99. The Morgan fingerprint density at radius 3 is 1.80 bits per heavy atom. The van der Waals surface area contributed by atoms with Gasteiger partial charge in [-0.25, -0.2) is 14.0 Å². The monoisotopic (exact) mass is 548 g/mol. The van der Waals surface area contributed by atoms with E-state index in [9.17, 15) is 14.0 Å². The van der Waals surface area contributed by atoms with Crippen molar-refractivity contribution in [3.05, 3.63) is 144 Å². The van der Waals surface area contributed by atoms with Gasteiger partial charge in [-0.2, -0.15) is 0 Å². The number of carbonyl (C=O) groups excluding carboxylic acids is 2. The molecule has 3 rings (SSSR count). The maximum Gasteiger partial charge on any atom is 0.338 e. The van der Waals surface area contributed by atoms with E-state index in [1.807, 2.05) is 0 Å². The summed E-state index contributed by atoms with van der Waals surface area (Å²) in [5.74, 6) is 11.0. The van der Waals surface area contributed by atoms with Crippen molar-refractivity contribution >= 4 is 11.9 Å². The number of hydrogen-bond donors (Lipinski definition) is 0. The predicted octanol–water partition coefficient (Wildman–Crippen LogP) is 6.56. The van der Waals surface area contributed by atoms with Crippen molar-refractivity contribution < 1.29 is 32.9 Å². The summed E-state index contributed by atoms with van der Waals surface area (Å²) in [5.41, 5.74) is 2.57. The van der Waals surface area contributed by atoms with E-state index in [0.29, 0.717) is 28.2 Å². The van der Waals surface area contributed by atoms with Gasteiger partial charge in [-0.15, -0.1) is 0 Å². The summed E-state index contributed by atoms with van der Waals surface area (Å²) >= 11 is 0. The molecule has 0 aliphatic rings. The molecule has 41 heavy (non-hydrogen) atoms. The van der Waals surface area contributed by atoms with Gasteiger partial charge in [0.25, 0.3) is 0 Å².